The van der Waals surface area contributed by atoms with E-state index in [1.165, 1.54) is 24.3 Å². The Bertz CT molecular complexity index is 1230. The summed E-state index contributed by atoms with van der Waals surface area (Å²) in [6.07, 6.45) is -0.773. The van der Waals surface area contributed by atoms with E-state index in [9.17, 15) is 13.2 Å². The van der Waals surface area contributed by atoms with Gasteiger partial charge in [-0.2, -0.15) is 0 Å². The zero-order valence-corrected chi connectivity index (χ0v) is 19.6. The molecule has 32 heavy (non-hydrogen) atoms. The van der Waals surface area contributed by atoms with E-state index >= 15 is 0 Å². The molecule has 2 N–H and O–H groups in total. The predicted octanol–water partition coefficient (Wildman–Crippen LogP) is 4.26. The van der Waals surface area contributed by atoms with Gasteiger partial charge in [-0.05, 0) is 75.7 Å². The molecule has 3 aromatic rings. The molecule has 0 aliphatic rings. The maximum absolute atomic E-state index is 12.6. The number of aromatic nitrogens is 2. The molecule has 1 heterocycles. The number of ether oxygens (including phenoxy) is 1. The SMILES string of the molecule is Cc1cc(NS(=O)(=O)c2ccc(NC(=O)C(C)Oc3ccc(Cl)c(C)c3)cc2)nc(C)n1. The highest BCUT2D eigenvalue weighted by atomic mass is 35.5. The number of carbonyl (C=O) groups is 1. The molecule has 0 radical (unpaired) electrons. The number of sulfonamides is 1. The summed E-state index contributed by atoms with van der Waals surface area (Å²) in [5.41, 5.74) is 1.93. The van der Waals surface area contributed by atoms with Crippen molar-refractivity contribution in [3.05, 3.63) is 70.6 Å². The van der Waals surface area contributed by atoms with Gasteiger partial charge in [-0.1, -0.05) is 11.6 Å². The molecule has 0 aliphatic heterocycles. The van der Waals surface area contributed by atoms with Crippen molar-refractivity contribution >= 4 is 39.0 Å². The van der Waals surface area contributed by atoms with Crippen molar-refractivity contribution in [2.45, 2.75) is 38.7 Å². The lowest BCUT2D eigenvalue weighted by Crippen LogP contribution is -2.30. The lowest BCUT2D eigenvalue weighted by Gasteiger charge is -2.15. The second kappa shape index (κ2) is 9.54. The second-order valence-corrected chi connectivity index (χ2v) is 9.32. The number of amides is 1. The summed E-state index contributed by atoms with van der Waals surface area (Å²) in [5.74, 6) is 0.803. The third-order valence-electron chi connectivity index (χ3n) is 4.45. The second-order valence-electron chi connectivity index (χ2n) is 7.23. The number of aryl methyl sites for hydroxylation is 3. The van der Waals surface area contributed by atoms with E-state index in [-0.39, 0.29) is 16.6 Å². The van der Waals surface area contributed by atoms with E-state index in [2.05, 4.69) is 20.0 Å². The third-order valence-corrected chi connectivity index (χ3v) is 6.24. The number of nitrogens with zero attached hydrogens (tertiary/aromatic N) is 2. The molecular formula is C22H23ClN4O4S. The molecule has 0 fully saturated rings. The number of rotatable bonds is 7. The molecule has 0 saturated carbocycles. The fraction of sp³-hybridized carbons (Fsp3) is 0.227. The van der Waals surface area contributed by atoms with Crippen molar-refractivity contribution in [2.75, 3.05) is 10.0 Å². The van der Waals surface area contributed by atoms with E-state index in [0.29, 0.717) is 28.0 Å². The molecule has 1 aromatic heterocycles. The van der Waals surface area contributed by atoms with Gasteiger partial charge in [0.15, 0.2) is 6.10 Å². The van der Waals surface area contributed by atoms with Crippen LogP contribution in [0.5, 0.6) is 5.75 Å². The van der Waals surface area contributed by atoms with Crippen LogP contribution in [0.15, 0.2) is 53.4 Å². The summed E-state index contributed by atoms with van der Waals surface area (Å²) in [6, 6.07) is 12.5. The van der Waals surface area contributed by atoms with Gasteiger partial charge < -0.3 is 10.1 Å². The van der Waals surface area contributed by atoms with E-state index in [1.54, 1.807) is 45.0 Å². The van der Waals surface area contributed by atoms with Crippen LogP contribution in [0.4, 0.5) is 11.5 Å². The zero-order chi connectivity index (χ0) is 23.5. The number of anilines is 2. The quantitative estimate of drug-likeness (QED) is 0.529. The van der Waals surface area contributed by atoms with Gasteiger partial charge in [0.1, 0.15) is 17.4 Å². The Labute approximate surface area is 192 Å². The zero-order valence-electron chi connectivity index (χ0n) is 18.0. The summed E-state index contributed by atoms with van der Waals surface area (Å²) in [6.45, 7) is 6.90. The van der Waals surface area contributed by atoms with Crippen molar-refractivity contribution in [1.29, 1.82) is 0 Å². The number of carbonyl (C=O) groups excluding carboxylic acids is 1. The molecule has 168 valence electrons. The first-order chi connectivity index (χ1) is 15.0. The molecule has 1 unspecified atom stereocenters. The Kier molecular flexibility index (Phi) is 7.00. The first kappa shape index (κ1) is 23.5. The standard InChI is InChI=1S/C22H23ClN4O4S/c1-13-11-18(7-10-20(13)23)31-15(3)22(28)26-17-5-8-19(9-6-17)32(29,30)27-21-12-14(2)24-16(4)25-21/h5-12,15H,1-4H3,(H,26,28)(H,24,25,27). The summed E-state index contributed by atoms with van der Waals surface area (Å²) in [5, 5.41) is 3.32. The number of benzene rings is 2. The molecule has 3 rings (SSSR count). The Morgan fingerprint density at radius 3 is 2.34 bits per heavy atom. The summed E-state index contributed by atoms with van der Waals surface area (Å²) in [7, 11) is -3.85. The lowest BCUT2D eigenvalue weighted by atomic mass is 10.2. The molecule has 0 bridgehead atoms. The maximum atomic E-state index is 12.6. The van der Waals surface area contributed by atoms with Crippen molar-refractivity contribution in [2.24, 2.45) is 0 Å². The van der Waals surface area contributed by atoms with Gasteiger partial charge in [0, 0.05) is 22.5 Å². The normalized spacial score (nSPS) is 12.2. The van der Waals surface area contributed by atoms with Gasteiger partial charge >= 0.3 is 0 Å². The van der Waals surface area contributed by atoms with Gasteiger partial charge in [0.2, 0.25) is 0 Å². The van der Waals surface area contributed by atoms with Gasteiger partial charge in [-0.15, -0.1) is 0 Å². The minimum Gasteiger partial charge on any atom is -0.481 e. The Hall–Kier alpha value is -3.17. The van der Waals surface area contributed by atoms with E-state index in [0.717, 1.165) is 5.56 Å². The van der Waals surface area contributed by atoms with Crippen molar-refractivity contribution in [3.63, 3.8) is 0 Å². The highest BCUT2D eigenvalue weighted by Crippen LogP contribution is 2.22. The van der Waals surface area contributed by atoms with E-state index < -0.39 is 16.1 Å². The fourth-order valence-electron chi connectivity index (χ4n) is 2.88. The van der Waals surface area contributed by atoms with Gasteiger partial charge in [0.05, 0.1) is 4.90 Å². The molecule has 0 spiro atoms. The fourth-order valence-corrected chi connectivity index (χ4v) is 3.98. The largest absolute Gasteiger partial charge is 0.481 e. The average Bonchev–Trinajstić information content (AvgIpc) is 2.70. The molecule has 0 saturated heterocycles. The van der Waals surface area contributed by atoms with Crippen molar-refractivity contribution < 1.29 is 17.9 Å². The van der Waals surface area contributed by atoms with E-state index in [1.807, 2.05) is 6.92 Å². The Morgan fingerprint density at radius 1 is 1.03 bits per heavy atom. The lowest BCUT2D eigenvalue weighted by molar-refractivity contribution is -0.122. The Morgan fingerprint density at radius 2 is 1.72 bits per heavy atom. The highest BCUT2D eigenvalue weighted by molar-refractivity contribution is 7.92. The number of hydrogen-bond acceptors (Lipinski definition) is 6. The topological polar surface area (TPSA) is 110 Å². The third kappa shape index (κ3) is 5.95. The molecule has 2 aromatic carbocycles. The molecule has 8 nitrogen and oxygen atoms in total. The monoisotopic (exact) mass is 474 g/mol. The number of halogens is 1. The van der Waals surface area contributed by atoms with Crippen molar-refractivity contribution in [1.82, 2.24) is 9.97 Å². The number of hydrogen-bond donors (Lipinski definition) is 2. The summed E-state index contributed by atoms with van der Waals surface area (Å²) < 4.78 is 33.4. The highest BCUT2D eigenvalue weighted by Gasteiger charge is 2.18. The molecule has 1 amide bonds. The van der Waals surface area contributed by atoms with Crippen LogP contribution in [0.1, 0.15) is 24.0 Å². The maximum Gasteiger partial charge on any atom is 0.265 e. The molecule has 1 atom stereocenters. The van der Waals surface area contributed by atoms with Crippen LogP contribution < -0.4 is 14.8 Å². The average molecular weight is 475 g/mol. The van der Waals surface area contributed by atoms with Gasteiger partial charge in [-0.3, -0.25) is 9.52 Å². The van der Waals surface area contributed by atoms with Crippen molar-refractivity contribution in [3.8, 4) is 5.75 Å². The van der Waals surface area contributed by atoms with Crippen LogP contribution in [0.2, 0.25) is 5.02 Å². The van der Waals surface area contributed by atoms with Gasteiger partial charge in [-0.25, -0.2) is 18.4 Å². The van der Waals surface area contributed by atoms with Crippen LogP contribution in [-0.4, -0.2) is 30.4 Å². The van der Waals surface area contributed by atoms with Crippen LogP contribution in [0.3, 0.4) is 0 Å². The predicted molar refractivity (Wildman–Crippen MR) is 124 cm³/mol. The smallest absolute Gasteiger partial charge is 0.265 e. The Balaban J connectivity index is 1.65. The number of nitrogens with one attached hydrogen (secondary N) is 2. The van der Waals surface area contributed by atoms with Gasteiger partial charge in [0.25, 0.3) is 15.9 Å². The van der Waals surface area contributed by atoms with Crippen LogP contribution in [0, 0.1) is 20.8 Å². The minimum atomic E-state index is -3.85. The van der Waals surface area contributed by atoms with Crippen LogP contribution in [-0.2, 0) is 14.8 Å². The molecule has 0 aliphatic carbocycles. The summed E-state index contributed by atoms with van der Waals surface area (Å²) in [4.78, 5) is 20.7. The minimum absolute atomic E-state index is 0.0327. The first-order valence-corrected chi connectivity index (χ1v) is 11.6. The van der Waals surface area contributed by atoms with Crippen LogP contribution >= 0.6 is 11.6 Å². The van der Waals surface area contributed by atoms with E-state index in [4.69, 9.17) is 16.3 Å². The first-order valence-electron chi connectivity index (χ1n) is 9.72. The van der Waals surface area contributed by atoms with Crippen LogP contribution in [0.25, 0.3) is 0 Å². The summed E-state index contributed by atoms with van der Waals surface area (Å²) >= 11 is 6.00. The molecule has 10 heteroatoms. The molecular weight excluding hydrogens is 452 g/mol.